The molecule has 0 radical (unpaired) electrons. The van der Waals surface area contributed by atoms with Crippen molar-refractivity contribution in [1.29, 1.82) is 0 Å². The number of anilines is 1. The highest BCUT2D eigenvalue weighted by Crippen LogP contribution is 2.26. The van der Waals surface area contributed by atoms with Crippen LogP contribution in [0.25, 0.3) is 11.5 Å². The van der Waals surface area contributed by atoms with Crippen LogP contribution in [0.15, 0.2) is 62.7 Å². The van der Waals surface area contributed by atoms with Crippen LogP contribution in [0.4, 0.5) is 10.4 Å². The van der Waals surface area contributed by atoms with Crippen molar-refractivity contribution in [1.82, 2.24) is 14.5 Å². The van der Waals surface area contributed by atoms with E-state index in [1.807, 2.05) is 30.5 Å². The minimum atomic E-state index is -3.82. The SMILES string of the molecule is CSc1ccc(-c2nnc(NC(=O)C3CCCN(S(=O)(=O)c4ccc(F)cc4)C3)o2)cc1. The summed E-state index contributed by atoms with van der Waals surface area (Å²) in [6.07, 6.45) is 3.03. The Balaban J connectivity index is 1.42. The van der Waals surface area contributed by atoms with E-state index in [0.717, 1.165) is 22.6 Å². The Bertz CT molecular complexity index is 1200. The Morgan fingerprint density at radius 1 is 1.16 bits per heavy atom. The van der Waals surface area contributed by atoms with Gasteiger partial charge in [-0.3, -0.25) is 10.1 Å². The number of sulfonamides is 1. The Hall–Kier alpha value is -2.76. The monoisotopic (exact) mass is 476 g/mol. The van der Waals surface area contributed by atoms with E-state index in [4.69, 9.17) is 4.42 Å². The summed E-state index contributed by atoms with van der Waals surface area (Å²) in [4.78, 5) is 13.8. The third-order valence-electron chi connectivity index (χ3n) is 5.20. The molecule has 4 rings (SSSR count). The number of nitrogens with one attached hydrogen (secondary N) is 1. The average molecular weight is 477 g/mol. The van der Waals surface area contributed by atoms with Gasteiger partial charge in [-0.25, -0.2) is 12.8 Å². The predicted octanol–water partition coefficient (Wildman–Crippen LogP) is 3.64. The lowest BCUT2D eigenvalue weighted by Crippen LogP contribution is -2.43. The first-order valence-electron chi connectivity index (χ1n) is 9.91. The van der Waals surface area contributed by atoms with Crippen LogP contribution in [0.1, 0.15) is 12.8 Å². The Morgan fingerprint density at radius 2 is 1.88 bits per heavy atom. The molecule has 32 heavy (non-hydrogen) atoms. The van der Waals surface area contributed by atoms with Crippen LogP contribution in [-0.2, 0) is 14.8 Å². The number of hydrogen-bond acceptors (Lipinski definition) is 7. The molecule has 8 nitrogen and oxygen atoms in total. The highest BCUT2D eigenvalue weighted by Gasteiger charge is 2.33. The second kappa shape index (κ2) is 9.39. The summed E-state index contributed by atoms with van der Waals surface area (Å²) in [5, 5.41) is 10.4. The molecule has 0 bridgehead atoms. The van der Waals surface area contributed by atoms with Crippen molar-refractivity contribution < 1.29 is 22.0 Å². The normalized spacial score (nSPS) is 17.2. The highest BCUT2D eigenvalue weighted by molar-refractivity contribution is 7.98. The number of halogens is 1. The van der Waals surface area contributed by atoms with E-state index < -0.39 is 27.7 Å². The van der Waals surface area contributed by atoms with Gasteiger partial charge in [0, 0.05) is 23.5 Å². The number of carbonyl (C=O) groups is 1. The van der Waals surface area contributed by atoms with Crippen molar-refractivity contribution in [2.75, 3.05) is 24.7 Å². The molecule has 0 saturated carbocycles. The number of piperidine rings is 1. The van der Waals surface area contributed by atoms with E-state index in [1.54, 1.807) is 11.8 Å². The highest BCUT2D eigenvalue weighted by atomic mass is 32.2. The fourth-order valence-corrected chi connectivity index (χ4v) is 5.39. The predicted molar refractivity (Wildman–Crippen MR) is 118 cm³/mol. The van der Waals surface area contributed by atoms with Crippen LogP contribution in [0.2, 0.25) is 0 Å². The van der Waals surface area contributed by atoms with Gasteiger partial charge in [0.25, 0.3) is 0 Å². The van der Waals surface area contributed by atoms with Gasteiger partial charge in [0.2, 0.25) is 21.8 Å². The summed E-state index contributed by atoms with van der Waals surface area (Å²) >= 11 is 1.62. The maximum absolute atomic E-state index is 13.2. The Kier molecular flexibility index (Phi) is 6.58. The minimum Gasteiger partial charge on any atom is -0.403 e. The molecular formula is C21H21FN4O4S2. The molecule has 1 saturated heterocycles. The van der Waals surface area contributed by atoms with Crippen LogP contribution < -0.4 is 5.32 Å². The van der Waals surface area contributed by atoms with E-state index in [-0.39, 0.29) is 23.3 Å². The molecule has 0 spiro atoms. The zero-order valence-electron chi connectivity index (χ0n) is 17.2. The number of carbonyl (C=O) groups excluding carboxylic acids is 1. The molecule has 3 aromatic rings. The first-order chi connectivity index (χ1) is 15.4. The Morgan fingerprint density at radius 3 is 2.56 bits per heavy atom. The second-order valence-corrected chi connectivity index (χ2v) is 10.1. The lowest BCUT2D eigenvalue weighted by atomic mass is 9.99. The number of hydrogen-bond donors (Lipinski definition) is 1. The molecule has 11 heteroatoms. The van der Waals surface area contributed by atoms with Gasteiger partial charge in [-0.1, -0.05) is 5.10 Å². The minimum absolute atomic E-state index is 0.00556. The second-order valence-electron chi connectivity index (χ2n) is 7.29. The molecule has 2 aromatic carbocycles. The maximum atomic E-state index is 13.2. The number of aromatic nitrogens is 2. The lowest BCUT2D eigenvalue weighted by Gasteiger charge is -2.30. The molecule has 1 aliphatic rings. The molecule has 168 valence electrons. The van der Waals surface area contributed by atoms with Crippen LogP contribution in [0.3, 0.4) is 0 Å². The fraction of sp³-hybridized carbons (Fsp3) is 0.286. The van der Waals surface area contributed by atoms with Crippen molar-refractivity contribution in [2.24, 2.45) is 5.92 Å². The molecule has 1 amide bonds. The molecule has 2 heterocycles. The van der Waals surface area contributed by atoms with E-state index in [2.05, 4.69) is 15.5 Å². The van der Waals surface area contributed by atoms with E-state index in [0.29, 0.717) is 19.4 Å². The van der Waals surface area contributed by atoms with Gasteiger partial charge in [-0.05, 0) is 67.6 Å². The smallest absolute Gasteiger partial charge is 0.322 e. The summed E-state index contributed by atoms with van der Waals surface area (Å²) in [5.41, 5.74) is 0.727. The molecule has 0 aliphatic carbocycles. The molecule has 1 atom stereocenters. The molecule has 1 unspecified atom stereocenters. The zero-order chi connectivity index (χ0) is 22.7. The number of nitrogens with zero attached hydrogens (tertiary/aromatic N) is 3. The number of thioether (sulfide) groups is 1. The lowest BCUT2D eigenvalue weighted by molar-refractivity contribution is -0.121. The largest absolute Gasteiger partial charge is 0.403 e. The summed E-state index contributed by atoms with van der Waals surface area (Å²) in [6.45, 7) is 0.308. The van der Waals surface area contributed by atoms with Crippen LogP contribution in [0, 0.1) is 11.7 Å². The topological polar surface area (TPSA) is 105 Å². The summed E-state index contributed by atoms with van der Waals surface area (Å²) in [6, 6.07) is 12.2. The molecule has 1 aromatic heterocycles. The van der Waals surface area contributed by atoms with Crippen LogP contribution >= 0.6 is 11.8 Å². The van der Waals surface area contributed by atoms with E-state index in [1.165, 1.54) is 16.4 Å². The zero-order valence-corrected chi connectivity index (χ0v) is 18.8. The summed E-state index contributed by atoms with van der Waals surface area (Å²) in [7, 11) is -3.82. The molecular weight excluding hydrogens is 455 g/mol. The Labute approximate surface area is 189 Å². The maximum Gasteiger partial charge on any atom is 0.322 e. The molecule has 1 aliphatic heterocycles. The first kappa shape index (κ1) is 22.4. The van der Waals surface area contributed by atoms with Gasteiger partial charge < -0.3 is 4.42 Å². The quantitative estimate of drug-likeness (QED) is 0.542. The van der Waals surface area contributed by atoms with Crippen molar-refractivity contribution in [3.05, 3.63) is 54.3 Å². The van der Waals surface area contributed by atoms with Gasteiger partial charge in [-0.15, -0.1) is 16.9 Å². The van der Waals surface area contributed by atoms with Gasteiger partial charge in [0.15, 0.2) is 0 Å². The standard InChI is InChI=1S/C21H21FN4O4S2/c1-31-17-8-4-14(5-9-17)20-24-25-21(30-20)23-19(27)15-3-2-12-26(13-15)32(28,29)18-10-6-16(22)7-11-18/h4-11,15H,2-3,12-13H2,1H3,(H,23,25,27). The van der Waals surface area contributed by atoms with E-state index in [9.17, 15) is 17.6 Å². The molecule has 1 fully saturated rings. The van der Waals surface area contributed by atoms with Gasteiger partial charge >= 0.3 is 6.01 Å². The summed E-state index contributed by atoms with van der Waals surface area (Å²) in [5.74, 6) is -1.21. The number of benzene rings is 2. The van der Waals surface area contributed by atoms with Crippen molar-refractivity contribution in [2.45, 2.75) is 22.6 Å². The molecule has 1 N–H and O–H groups in total. The number of amides is 1. The van der Waals surface area contributed by atoms with Crippen LogP contribution in [0.5, 0.6) is 0 Å². The first-order valence-corrected chi connectivity index (χ1v) is 12.6. The number of rotatable bonds is 6. The average Bonchev–Trinajstić information content (AvgIpc) is 3.28. The van der Waals surface area contributed by atoms with Gasteiger partial charge in [0.1, 0.15) is 5.82 Å². The van der Waals surface area contributed by atoms with Crippen molar-refractivity contribution >= 4 is 33.7 Å². The van der Waals surface area contributed by atoms with Crippen molar-refractivity contribution in [3.8, 4) is 11.5 Å². The van der Waals surface area contributed by atoms with Crippen LogP contribution in [-0.4, -0.2) is 48.2 Å². The van der Waals surface area contributed by atoms with Gasteiger partial charge in [0.05, 0.1) is 10.8 Å². The third kappa shape index (κ3) is 4.84. The van der Waals surface area contributed by atoms with Gasteiger partial charge in [-0.2, -0.15) is 4.31 Å². The van der Waals surface area contributed by atoms with Crippen molar-refractivity contribution in [3.63, 3.8) is 0 Å². The fourth-order valence-electron chi connectivity index (χ4n) is 3.46. The van der Waals surface area contributed by atoms with E-state index >= 15 is 0 Å². The summed E-state index contributed by atoms with van der Waals surface area (Å²) < 4.78 is 45.7. The third-order valence-corrected chi connectivity index (χ3v) is 7.82.